The van der Waals surface area contributed by atoms with Crippen LogP contribution in [0.1, 0.15) is 6.92 Å². The summed E-state index contributed by atoms with van der Waals surface area (Å²) in [5, 5.41) is 4.40. The lowest BCUT2D eigenvalue weighted by Gasteiger charge is -2.22. The Balaban J connectivity index is 2.83. The summed E-state index contributed by atoms with van der Waals surface area (Å²) in [5.41, 5.74) is 0.175. The topological polar surface area (TPSA) is 122 Å². The number of urea groups is 1. The van der Waals surface area contributed by atoms with E-state index in [1.54, 1.807) is 6.07 Å². The second-order valence-corrected chi connectivity index (χ2v) is 7.29. The molecule has 1 aromatic rings. The fourth-order valence-corrected chi connectivity index (χ4v) is 2.73. The molecule has 9 nitrogen and oxygen atoms in total. The van der Waals surface area contributed by atoms with Crippen molar-refractivity contribution in [2.75, 3.05) is 24.2 Å². The van der Waals surface area contributed by atoms with E-state index in [-0.39, 0.29) is 10.7 Å². The first-order valence-electron chi connectivity index (χ1n) is 7.00. The smallest absolute Gasteiger partial charge is 0.327 e. The van der Waals surface area contributed by atoms with E-state index in [4.69, 9.17) is 16.3 Å². The van der Waals surface area contributed by atoms with E-state index in [0.29, 0.717) is 0 Å². The third-order valence-corrected chi connectivity index (χ3v) is 4.29. The Bertz CT molecular complexity index is 768. The van der Waals surface area contributed by atoms with Gasteiger partial charge in [0.2, 0.25) is 10.0 Å². The molecular weight excluding hydrogens is 374 g/mol. The molecule has 0 fully saturated rings. The van der Waals surface area contributed by atoms with E-state index in [0.717, 1.165) is 10.6 Å². The maximum atomic E-state index is 12.0. The molecular formula is C14H18ClN3O6S. The minimum absolute atomic E-state index is 0.175. The Morgan fingerprint density at radius 1 is 1.32 bits per heavy atom. The van der Waals surface area contributed by atoms with Crippen molar-refractivity contribution in [2.45, 2.75) is 13.0 Å². The highest BCUT2D eigenvalue weighted by atomic mass is 35.5. The van der Waals surface area contributed by atoms with Crippen molar-refractivity contribution in [3.8, 4) is 0 Å². The largest absolute Gasteiger partial charge is 0.451 e. The summed E-state index contributed by atoms with van der Waals surface area (Å²) < 4.78 is 29.5. The van der Waals surface area contributed by atoms with Crippen molar-refractivity contribution in [3.63, 3.8) is 0 Å². The van der Waals surface area contributed by atoms with Crippen LogP contribution in [0.15, 0.2) is 24.3 Å². The number of hydrogen-bond donors (Lipinski definition) is 2. The molecule has 0 unspecified atom stereocenters. The first kappa shape index (κ1) is 20.7. The number of anilines is 1. The number of ether oxygens (including phenoxy) is 1. The van der Waals surface area contributed by atoms with Crippen LogP contribution in [-0.2, 0) is 24.3 Å². The van der Waals surface area contributed by atoms with E-state index >= 15 is 0 Å². The zero-order valence-electron chi connectivity index (χ0n) is 13.8. The SMILES string of the molecule is CNC(=O)NC(=O)[C@@H](C)OC(=O)CN(c1cccc(Cl)c1)S(C)(=O)=O. The molecule has 0 aromatic heterocycles. The Morgan fingerprint density at radius 2 is 1.96 bits per heavy atom. The van der Waals surface area contributed by atoms with E-state index in [1.165, 1.54) is 32.2 Å². The molecule has 0 aliphatic rings. The van der Waals surface area contributed by atoms with Gasteiger partial charge in [-0.3, -0.25) is 19.2 Å². The Hall–Kier alpha value is -2.33. The molecule has 3 amide bonds. The third kappa shape index (κ3) is 6.59. The fourth-order valence-electron chi connectivity index (χ4n) is 1.71. The molecule has 0 saturated heterocycles. The maximum Gasteiger partial charge on any atom is 0.327 e. The van der Waals surface area contributed by atoms with Crippen molar-refractivity contribution >= 4 is 45.2 Å². The zero-order chi connectivity index (χ0) is 19.2. The lowest BCUT2D eigenvalue weighted by Crippen LogP contribution is -2.44. The molecule has 0 spiro atoms. The number of carbonyl (C=O) groups is 3. The Labute approximate surface area is 150 Å². The van der Waals surface area contributed by atoms with E-state index in [2.05, 4.69) is 5.32 Å². The van der Waals surface area contributed by atoms with E-state index in [1.807, 2.05) is 5.32 Å². The first-order chi connectivity index (χ1) is 11.5. The van der Waals surface area contributed by atoms with Crippen LogP contribution in [0.4, 0.5) is 10.5 Å². The van der Waals surface area contributed by atoms with Crippen LogP contribution in [0, 0.1) is 0 Å². The molecule has 25 heavy (non-hydrogen) atoms. The molecule has 0 radical (unpaired) electrons. The van der Waals surface area contributed by atoms with Gasteiger partial charge >= 0.3 is 12.0 Å². The quantitative estimate of drug-likeness (QED) is 0.680. The molecule has 0 heterocycles. The minimum Gasteiger partial charge on any atom is -0.451 e. The number of benzene rings is 1. The highest BCUT2D eigenvalue weighted by Gasteiger charge is 2.25. The summed E-state index contributed by atoms with van der Waals surface area (Å²) >= 11 is 5.84. The average Bonchev–Trinajstić information content (AvgIpc) is 2.51. The summed E-state index contributed by atoms with van der Waals surface area (Å²) in [5.74, 6) is -1.81. The minimum atomic E-state index is -3.80. The zero-order valence-corrected chi connectivity index (χ0v) is 15.3. The lowest BCUT2D eigenvalue weighted by molar-refractivity contribution is -0.152. The molecule has 138 valence electrons. The summed E-state index contributed by atoms with van der Waals surface area (Å²) in [6, 6.07) is 5.15. The number of carbonyl (C=O) groups excluding carboxylic acids is 3. The van der Waals surface area contributed by atoms with Crippen LogP contribution in [0.5, 0.6) is 0 Å². The van der Waals surface area contributed by atoms with Crippen molar-refractivity contribution < 1.29 is 27.5 Å². The average molecular weight is 392 g/mol. The Morgan fingerprint density at radius 3 is 2.48 bits per heavy atom. The normalized spacial score (nSPS) is 12.0. The fraction of sp³-hybridized carbons (Fsp3) is 0.357. The van der Waals surface area contributed by atoms with Gasteiger partial charge in [0.1, 0.15) is 6.54 Å². The van der Waals surface area contributed by atoms with Gasteiger partial charge in [-0.05, 0) is 25.1 Å². The molecule has 0 aliphatic heterocycles. The predicted octanol–water partition coefficient (Wildman–Crippen LogP) is 0.493. The van der Waals surface area contributed by atoms with Crippen LogP contribution >= 0.6 is 11.6 Å². The van der Waals surface area contributed by atoms with Gasteiger partial charge in [-0.1, -0.05) is 17.7 Å². The van der Waals surface area contributed by atoms with Gasteiger partial charge in [0.05, 0.1) is 11.9 Å². The van der Waals surface area contributed by atoms with Gasteiger partial charge in [0, 0.05) is 12.1 Å². The van der Waals surface area contributed by atoms with Crippen LogP contribution in [0.2, 0.25) is 5.02 Å². The lowest BCUT2D eigenvalue weighted by atomic mass is 10.3. The van der Waals surface area contributed by atoms with Gasteiger partial charge in [0.15, 0.2) is 6.10 Å². The van der Waals surface area contributed by atoms with Crippen LogP contribution in [0.3, 0.4) is 0 Å². The summed E-state index contributed by atoms with van der Waals surface area (Å²) in [4.78, 5) is 34.7. The van der Waals surface area contributed by atoms with E-state index < -0.39 is 40.6 Å². The number of rotatable bonds is 6. The highest BCUT2D eigenvalue weighted by Crippen LogP contribution is 2.21. The predicted molar refractivity (Wildman–Crippen MR) is 91.8 cm³/mol. The highest BCUT2D eigenvalue weighted by molar-refractivity contribution is 7.92. The van der Waals surface area contributed by atoms with Crippen molar-refractivity contribution in [1.29, 1.82) is 0 Å². The van der Waals surface area contributed by atoms with Crippen molar-refractivity contribution in [2.24, 2.45) is 0 Å². The number of sulfonamides is 1. The number of amides is 3. The number of esters is 1. The number of hydrogen-bond acceptors (Lipinski definition) is 6. The summed E-state index contributed by atoms with van der Waals surface area (Å²) in [6.07, 6.45) is -0.367. The molecule has 1 atom stereocenters. The van der Waals surface area contributed by atoms with Gasteiger partial charge in [-0.15, -0.1) is 0 Å². The van der Waals surface area contributed by atoms with Crippen molar-refractivity contribution in [3.05, 3.63) is 29.3 Å². The molecule has 2 N–H and O–H groups in total. The molecule has 1 aromatic carbocycles. The summed E-state index contributed by atoms with van der Waals surface area (Å²) in [6.45, 7) is 0.594. The van der Waals surface area contributed by atoms with Gasteiger partial charge < -0.3 is 10.1 Å². The summed E-state index contributed by atoms with van der Waals surface area (Å²) in [7, 11) is -2.49. The van der Waals surface area contributed by atoms with Gasteiger partial charge in [-0.2, -0.15) is 0 Å². The second kappa shape index (κ2) is 8.67. The Kier molecular flexibility index (Phi) is 7.19. The van der Waals surface area contributed by atoms with Crippen LogP contribution in [-0.4, -0.2) is 52.3 Å². The molecule has 0 bridgehead atoms. The number of nitrogens with zero attached hydrogens (tertiary/aromatic N) is 1. The number of nitrogens with one attached hydrogen (secondary N) is 2. The molecule has 0 saturated carbocycles. The van der Waals surface area contributed by atoms with Crippen molar-refractivity contribution in [1.82, 2.24) is 10.6 Å². The molecule has 1 rings (SSSR count). The third-order valence-electron chi connectivity index (χ3n) is 2.91. The second-order valence-electron chi connectivity index (χ2n) is 4.95. The standard InChI is InChI=1S/C14H18ClN3O6S/c1-9(13(20)17-14(21)16-2)24-12(19)8-18(25(3,22)23)11-6-4-5-10(15)7-11/h4-7,9H,8H2,1-3H3,(H2,16,17,20,21)/t9-/m1/s1. The monoisotopic (exact) mass is 391 g/mol. The van der Waals surface area contributed by atoms with Crippen LogP contribution < -0.4 is 14.9 Å². The van der Waals surface area contributed by atoms with Gasteiger partial charge in [-0.25, -0.2) is 13.2 Å². The first-order valence-corrected chi connectivity index (χ1v) is 9.22. The maximum absolute atomic E-state index is 12.0. The molecule has 0 aliphatic carbocycles. The number of halogens is 1. The van der Waals surface area contributed by atoms with Crippen LogP contribution in [0.25, 0.3) is 0 Å². The number of imide groups is 1. The van der Waals surface area contributed by atoms with E-state index in [9.17, 15) is 22.8 Å². The molecule has 11 heteroatoms. The van der Waals surface area contributed by atoms with Gasteiger partial charge in [0.25, 0.3) is 5.91 Å².